The quantitative estimate of drug-likeness (QED) is 0.672. The van der Waals surface area contributed by atoms with E-state index in [0.717, 1.165) is 6.92 Å². The van der Waals surface area contributed by atoms with Crippen molar-refractivity contribution in [1.82, 2.24) is 0 Å². The maximum absolute atomic E-state index is 12.5. The van der Waals surface area contributed by atoms with Crippen molar-refractivity contribution in [1.29, 1.82) is 0 Å². The molecule has 0 heterocycles. The third kappa shape index (κ3) is 7.91. The maximum Gasteiger partial charge on any atom is 0.316 e. The third-order valence-electron chi connectivity index (χ3n) is 2.16. The minimum absolute atomic E-state index is 0.0649. The summed E-state index contributed by atoms with van der Waals surface area (Å²) in [6, 6.07) is 0. The van der Waals surface area contributed by atoms with Crippen molar-refractivity contribution in [2.75, 3.05) is 5.75 Å². The molecule has 1 unspecified atom stereocenters. The summed E-state index contributed by atoms with van der Waals surface area (Å²) >= 11 is 1.34. The lowest BCUT2D eigenvalue weighted by Crippen LogP contribution is -2.23. The molecule has 0 aliphatic rings. The molecule has 0 radical (unpaired) electrons. The van der Waals surface area contributed by atoms with Crippen LogP contribution < -0.4 is 0 Å². The highest BCUT2D eigenvalue weighted by atomic mass is 32.2. The van der Waals surface area contributed by atoms with E-state index in [4.69, 9.17) is 5.11 Å². The number of thioether (sulfide) groups is 1. The molecule has 0 amide bonds. The van der Waals surface area contributed by atoms with E-state index in [-0.39, 0.29) is 12.3 Å². The molecule has 16 heavy (non-hydrogen) atoms. The molecule has 96 valence electrons. The normalized spacial score (nSPS) is 14.1. The van der Waals surface area contributed by atoms with Crippen molar-refractivity contribution < 1.29 is 18.7 Å². The molecule has 0 saturated carbocycles. The van der Waals surface area contributed by atoms with Crippen molar-refractivity contribution in [2.45, 2.75) is 51.2 Å². The lowest BCUT2D eigenvalue weighted by molar-refractivity contribution is -0.137. The van der Waals surface area contributed by atoms with Gasteiger partial charge in [-0.3, -0.25) is 4.79 Å². The number of aliphatic carboxylic acids is 1. The van der Waals surface area contributed by atoms with Crippen LogP contribution in [0, 0.1) is 5.92 Å². The highest BCUT2D eigenvalue weighted by molar-refractivity contribution is 8.00. The van der Waals surface area contributed by atoms with Gasteiger partial charge in [0, 0.05) is 6.42 Å². The first kappa shape index (κ1) is 15.7. The first-order chi connectivity index (χ1) is 7.24. The van der Waals surface area contributed by atoms with E-state index in [2.05, 4.69) is 0 Å². The Bertz CT molecular complexity index is 215. The van der Waals surface area contributed by atoms with Crippen molar-refractivity contribution in [2.24, 2.45) is 5.92 Å². The van der Waals surface area contributed by atoms with Crippen LogP contribution in [0.1, 0.15) is 40.0 Å². The highest BCUT2D eigenvalue weighted by Crippen LogP contribution is 2.24. The van der Waals surface area contributed by atoms with Crippen molar-refractivity contribution in [3.8, 4) is 0 Å². The van der Waals surface area contributed by atoms with Crippen LogP contribution in [0.2, 0.25) is 0 Å². The summed E-state index contributed by atoms with van der Waals surface area (Å²) < 4.78 is 24.9. The Hall–Kier alpha value is -0.320. The van der Waals surface area contributed by atoms with Gasteiger partial charge in [0.15, 0.2) is 0 Å². The minimum atomic E-state index is -2.60. The van der Waals surface area contributed by atoms with Gasteiger partial charge in [-0.15, -0.1) is 11.8 Å². The average molecular weight is 254 g/mol. The summed E-state index contributed by atoms with van der Waals surface area (Å²) in [4.78, 5) is 10.8. The first-order valence-corrected chi connectivity index (χ1v) is 6.51. The lowest BCUT2D eigenvalue weighted by atomic mass is 10.1. The Morgan fingerprint density at radius 1 is 1.38 bits per heavy atom. The smallest absolute Gasteiger partial charge is 0.316 e. The van der Waals surface area contributed by atoms with E-state index >= 15 is 0 Å². The molecule has 0 fully saturated rings. The molecule has 2 nitrogen and oxygen atoms in total. The molecule has 1 atom stereocenters. The Labute approximate surface area is 99.8 Å². The van der Waals surface area contributed by atoms with E-state index in [0.29, 0.717) is 18.6 Å². The van der Waals surface area contributed by atoms with Crippen LogP contribution >= 0.6 is 11.8 Å². The number of rotatable bonds is 8. The van der Waals surface area contributed by atoms with Gasteiger partial charge in [-0.05, 0) is 31.4 Å². The van der Waals surface area contributed by atoms with Crippen LogP contribution in [-0.4, -0.2) is 28.0 Å². The van der Waals surface area contributed by atoms with Gasteiger partial charge in [-0.25, -0.2) is 8.78 Å². The van der Waals surface area contributed by atoms with Gasteiger partial charge in [-0.1, -0.05) is 13.8 Å². The third-order valence-corrected chi connectivity index (χ3v) is 3.79. The minimum Gasteiger partial charge on any atom is -0.480 e. The SMILES string of the molecule is CC(C)C(SCCCCC(C)(F)F)C(=O)O. The van der Waals surface area contributed by atoms with Gasteiger partial charge >= 0.3 is 5.97 Å². The predicted molar refractivity (Wildman–Crippen MR) is 63.2 cm³/mol. The Morgan fingerprint density at radius 2 is 1.94 bits per heavy atom. The lowest BCUT2D eigenvalue weighted by Gasteiger charge is -2.15. The number of alkyl halides is 2. The molecule has 0 aromatic heterocycles. The number of hydrogen-bond donors (Lipinski definition) is 1. The zero-order valence-electron chi connectivity index (χ0n) is 10.0. The molecule has 0 spiro atoms. The number of carbonyl (C=O) groups is 1. The van der Waals surface area contributed by atoms with E-state index in [9.17, 15) is 13.6 Å². The molecule has 5 heteroatoms. The molecule has 0 aromatic rings. The van der Waals surface area contributed by atoms with Gasteiger partial charge in [0.25, 0.3) is 0 Å². The number of halogens is 2. The first-order valence-electron chi connectivity index (χ1n) is 5.46. The molecule has 0 rings (SSSR count). The van der Waals surface area contributed by atoms with Gasteiger partial charge in [-0.2, -0.15) is 0 Å². The second kappa shape index (κ2) is 7.09. The molecule has 0 aliphatic carbocycles. The second-order valence-corrected chi connectivity index (χ2v) is 5.65. The van der Waals surface area contributed by atoms with Gasteiger partial charge in [0.05, 0.1) is 0 Å². The second-order valence-electron chi connectivity index (χ2n) is 4.40. The summed E-state index contributed by atoms with van der Waals surface area (Å²) in [5.41, 5.74) is 0. The average Bonchev–Trinajstić information content (AvgIpc) is 2.07. The fourth-order valence-corrected chi connectivity index (χ4v) is 2.45. The Morgan fingerprint density at radius 3 is 2.31 bits per heavy atom. The number of carboxylic acid groups (broad SMARTS) is 1. The van der Waals surface area contributed by atoms with E-state index in [1.165, 1.54) is 11.8 Å². The zero-order valence-corrected chi connectivity index (χ0v) is 10.8. The van der Waals surface area contributed by atoms with Crippen LogP contribution in [0.5, 0.6) is 0 Å². The molecular formula is C11H20F2O2S. The van der Waals surface area contributed by atoms with E-state index in [1.54, 1.807) is 0 Å². The molecule has 0 saturated heterocycles. The Kier molecular flexibility index (Phi) is 6.95. The van der Waals surface area contributed by atoms with Crippen molar-refractivity contribution in [3.05, 3.63) is 0 Å². The van der Waals surface area contributed by atoms with Crippen molar-refractivity contribution >= 4 is 17.7 Å². The van der Waals surface area contributed by atoms with Crippen LogP contribution in [0.3, 0.4) is 0 Å². The molecular weight excluding hydrogens is 234 g/mol. The van der Waals surface area contributed by atoms with Crippen molar-refractivity contribution in [3.63, 3.8) is 0 Å². The van der Waals surface area contributed by atoms with Crippen LogP contribution in [0.4, 0.5) is 8.78 Å². The molecule has 0 aromatic carbocycles. The summed E-state index contributed by atoms with van der Waals surface area (Å²) in [6.45, 7) is 4.62. The van der Waals surface area contributed by atoms with Crippen LogP contribution in [0.25, 0.3) is 0 Å². The fourth-order valence-electron chi connectivity index (χ4n) is 1.30. The molecule has 0 aliphatic heterocycles. The standard InChI is InChI=1S/C11H20F2O2S/c1-8(2)9(10(14)15)16-7-5-4-6-11(3,12)13/h8-9H,4-7H2,1-3H3,(H,14,15). The van der Waals surface area contributed by atoms with Gasteiger partial charge in [0.1, 0.15) is 5.25 Å². The summed E-state index contributed by atoms with van der Waals surface area (Å²) in [6.07, 6.45) is 0.971. The number of carboxylic acids is 1. The number of hydrogen-bond acceptors (Lipinski definition) is 2. The van der Waals surface area contributed by atoms with Gasteiger partial charge in [0.2, 0.25) is 5.92 Å². The van der Waals surface area contributed by atoms with Gasteiger partial charge < -0.3 is 5.11 Å². The molecule has 0 bridgehead atoms. The van der Waals surface area contributed by atoms with E-state index < -0.39 is 17.1 Å². The summed E-state index contributed by atoms with van der Waals surface area (Å²) in [5, 5.41) is 8.46. The van der Waals surface area contributed by atoms with Crippen LogP contribution in [0.15, 0.2) is 0 Å². The largest absolute Gasteiger partial charge is 0.480 e. The fraction of sp³-hybridized carbons (Fsp3) is 0.909. The summed E-state index contributed by atoms with van der Waals surface area (Å²) in [7, 11) is 0. The monoisotopic (exact) mass is 254 g/mol. The van der Waals surface area contributed by atoms with Crippen LogP contribution in [-0.2, 0) is 4.79 Å². The predicted octanol–water partition coefficient (Wildman–Crippen LogP) is 3.65. The maximum atomic E-state index is 12.5. The zero-order chi connectivity index (χ0) is 12.8. The molecule has 1 N–H and O–H groups in total. The highest BCUT2D eigenvalue weighted by Gasteiger charge is 2.22. The topological polar surface area (TPSA) is 37.3 Å². The Balaban J connectivity index is 3.68. The summed E-state index contributed by atoms with van der Waals surface area (Å²) in [5.74, 6) is -2.73. The number of unbranched alkanes of at least 4 members (excludes halogenated alkanes) is 1. The van der Waals surface area contributed by atoms with E-state index in [1.807, 2.05) is 13.8 Å².